The first-order valence-corrected chi connectivity index (χ1v) is 11.1. The van der Waals surface area contributed by atoms with Crippen LogP contribution in [0, 0.1) is 11.8 Å². The second kappa shape index (κ2) is 8.38. The van der Waals surface area contributed by atoms with Crippen molar-refractivity contribution in [3.63, 3.8) is 0 Å². The van der Waals surface area contributed by atoms with Gasteiger partial charge in [0, 0.05) is 56.1 Å². The van der Waals surface area contributed by atoms with Crippen LogP contribution >= 0.6 is 0 Å². The molecule has 0 unspecified atom stereocenters. The van der Waals surface area contributed by atoms with Crippen molar-refractivity contribution in [2.45, 2.75) is 39.4 Å². The number of aromatic nitrogens is 5. The molecule has 0 spiro atoms. The van der Waals surface area contributed by atoms with Gasteiger partial charge in [-0.05, 0) is 49.9 Å². The van der Waals surface area contributed by atoms with Crippen molar-refractivity contribution in [2.75, 3.05) is 25.5 Å². The third kappa shape index (κ3) is 4.00. The second-order valence-electron chi connectivity index (χ2n) is 9.07. The van der Waals surface area contributed by atoms with Gasteiger partial charge in [-0.25, -0.2) is 0 Å². The summed E-state index contributed by atoms with van der Waals surface area (Å²) in [6, 6.07) is 7.64. The molecular formula is C23H29N7O2. The van der Waals surface area contributed by atoms with Crippen molar-refractivity contribution >= 4 is 11.6 Å². The van der Waals surface area contributed by atoms with Crippen LogP contribution in [-0.2, 0) is 19.5 Å². The van der Waals surface area contributed by atoms with Gasteiger partial charge in [-0.1, -0.05) is 0 Å². The summed E-state index contributed by atoms with van der Waals surface area (Å²) in [5, 5.41) is 15.9. The Morgan fingerprint density at radius 1 is 1.16 bits per heavy atom. The average molecular weight is 436 g/mol. The van der Waals surface area contributed by atoms with Gasteiger partial charge in [-0.2, -0.15) is 5.10 Å². The molecule has 168 valence electrons. The van der Waals surface area contributed by atoms with Crippen LogP contribution in [0.5, 0.6) is 5.75 Å². The lowest BCUT2D eigenvalue weighted by Gasteiger charge is -2.25. The Hall–Kier alpha value is -3.20. The van der Waals surface area contributed by atoms with Gasteiger partial charge in [-0.15, -0.1) is 10.2 Å². The highest BCUT2D eigenvalue weighted by Crippen LogP contribution is 2.33. The molecule has 5 rings (SSSR count). The molecular weight excluding hydrogens is 406 g/mol. The van der Waals surface area contributed by atoms with Crippen LogP contribution in [-0.4, -0.2) is 55.6 Å². The molecule has 2 aromatic heterocycles. The van der Waals surface area contributed by atoms with Crippen LogP contribution in [0.4, 0.5) is 5.69 Å². The molecule has 4 heterocycles. The molecule has 0 radical (unpaired) electrons. The Kier molecular flexibility index (Phi) is 5.42. The van der Waals surface area contributed by atoms with E-state index >= 15 is 0 Å². The Labute approximate surface area is 187 Å². The molecule has 0 bridgehead atoms. The average Bonchev–Trinajstić information content (AvgIpc) is 3.50. The number of ether oxygens (including phenoxy) is 1. The van der Waals surface area contributed by atoms with E-state index in [0.717, 1.165) is 44.2 Å². The van der Waals surface area contributed by atoms with E-state index in [9.17, 15) is 4.79 Å². The summed E-state index contributed by atoms with van der Waals surface area (Å²) in [5.41, 5.74) is 1.95. The predicted octanol–water partition coefficient (Wildman–Crippen LogP) is 2.62. The molecule has 0 saturated carbocycles. The molecule has 32 heavy (non-hydrogen) atoms. The molecule has 1 saturated heterocycles. The predicted molar refractivity (Wildman–Crippen MR) is 120 cm³/mol. The number of benzene rings is 1. The van der Waals surface area contributed by atoms with E-state index < -0.39 is 0 Å². The number of rotatable bonds is 6. The van der Waals surface area contributed by atoms with E-state index in [-0.39, 0.29) is 5.91 Å². The van der Waals surface area contributed by atoms with Crippen molar-refractivity contribution in [3.8, 4) is 5.75 Å². The first kappa shape index (κ1) is 20.7. The zero-order valence-electron chi connectivity index (χ0n) is 18.7. The fourth-order valence-electron chi connectivity index (χ4n) is 4.78. The molecule has 9 nitrogen and oxygen atoms in total. The van der Waals surface area contributed by atoms with Gasteiger partial charge in [0.2, 0.25) is 5.82 Å². The zero-order valence-corrected chi connectivity index (χ0v) is 18.7. The minimum absolute atomic E-state index is 0.233. The molecule has 2 atom stereocenters. The summed E-state index contributed by atoms with van der Waals surface area (Å²) in [6.07, 6.45) is 4.97. The van der Waals surface area contributed by atoms with Gasteiger partial charge in [0.15, 0.2) is 0 Å². The third-order valence-electron chi connectivity index (χ3n) is 6.48. The first-order chi connectivity index (χ1) is 15.5. The summed E-state index contributed by atoms with van der Waals surface area (Å²) in [4.78, 5) is 15.4. The van der Waals surface area contributed by atoms with Crippen LogP contribution in [0.3, 0.4) is 0 Å². The fraction of sp³-hybridized carbons (Fsp3) is 0.478. The minimum atomic E-state index is -0.233. The maximum atomic E-state index is 12.9. The molecule has 9 heteroatoms. The highest BCUT2D eigenvalue weighted by atomic mass is 16.5. The van der Waals surface area contributed by atoms with E-state index in [1.165, 1.54) is 5.56 Å². The molecule has 0 aliphatic carbocycles. The lowest BCUT2D eigenvalue weighted by atomic mass is 9.89. The number of likely N-dealkylation sites (tertiary alicyclic amines) is 1. The standard InChI is InChI=1S/C23H29N7O2/c1-15(2)30-11-16(9-24-30)10-28-12-17-8-21-26-27-22(29(21)14-18(17)13-28)23(31)25-19-4-6-20(32-3)7-5-19/h4-7,9,11,15,17-18H,8,10,12-14H2,1-3H3,(H,25,31)/t17-,18-/m1/s1. The number of nitrogens with one attached hydrogen (secondary N) is 1. The van der Waals surface area contributed by atoms with E-state index in [1.54, 1.807) is 7.11 Å². The number of carbonyl (C=O) groups is 1. The Bertz CT molecular complexity index is 1100. The Morgan fingerprint density at radius 3 is 2.66 bits per heavy atom. The number of methoxy groups -OCH3 is 1. The number of anilines is 1. The summed E-state index contributed by atoms with van der Waals surface area (Å²) in [5.74, 6) is 2.83. The molecule has 2 aliphatic rings. The first-order valence-electron chi connectivity index (χ1n) is 11.1. The number of hydrogen-bond acceptors (Lipinski definition) is 6. The summed E-state index contributed by atoms with van der Waals surface area (Å²) >= 11 is 0. The SMILES string of the molecule is COc1ccc(NC(=O)c2nnc3n2C[C@H]2CN(Cc4cnn(C(C)C)c4)C[C@H]2C3)cc1. The number of hydrogen-bond donors (Lipinski definition) is 1. The monoisotopic (exact) mass is 435 g/mol. The Balaban J connectivity index is 1.24. The molecule has 3 aromatic rings. The van der Waals surface area contributed by atoms with E-state index in [2.05, 4.69) is 45.6 Å². The normalized spacial score (nSPS) is 20.2. The number of fused-ring (bicyclic) bond motifs is 2. The largest absolute Gasteiger partial charge is 0.497 e. The fourth-order valence-corrected chi connectivity index (χ4v) is 4.78. The van der Waals surface area contributed by atoms with Crippen LogP contribution in [0.1, 0.15) is 41.9 Å². The maximum absolute atomic E-state index is 12.9. The quantitative estimate of drug-likeness (QED) is 0.640. The van der Waals surface area contributed by atoms with Crippen LogP contribution in [0.2, 0.25) is 0 Å². The molecule has 1 aromatic carbocycles. The van der Waals surface area contributed by atoms with E-state index in [0.29, 0.717) is 29.4 Å². The summed E-state index contributed by atoms with van der Waals surface area (Å²) < 4.78 is 9.18. The second-order valence-corrected chi connectivity index (χ2v) is 9.07. The maximum Gasteiger partial charge on any atom is 0.293 e. The molecule has 1 fully saturated rings. The smallest absolute Gasteiger partial charge is 0.293 e. The number of carbonyl (C=O) groups excluding carboxylic acids is 1. The lowest BCUT2D eigenvalue weighted by molar-refractivity contribution is 0.100. The van der Waals surface area contributed by atoms with Crippen molar-refractivity contribution < 1.29 is 9.53 Å². The van der Waals surface area contributed by atoms with Crippen molar-refractivity contribution in [2.24, 2.45) is 11.8 Å². The third-order valence-corrected chi connectivity index (χ3v) is 6.48. The molecule has 1 amide bonds. The molecule has 1 N–H and O–H groups in total. The van der Waals surface area contributed by atoms with Crippen molar-refractivity contribution in [1.82, 2.24) is 29.4 Å². The molecule has 2 aliphatic heterocycles. The number of nitrogens with zero attached hydrogens (tertiary/aromatic N) is 6. The van der Waals surface area contributed by atoms with Crippen molar-refractivity contribution in [3.05, 3.63) is 53.9 Å². The van der Waals surface area contributed by atoms with Gasteiger partial charge in [0.1, 0.15) is 11.6 Å². The van der Waals surface area contributed by atoms with E-state index in [4.69, 9.17) is 4.74 Å². The van der Waals surface area contributed by atoms with Gasteiger partial charge >= 0.3 is 0 Å². The Morgan fingerprint density at radius 2 is 1.94 bits per heavy atom. The lowest BCUT2D eigenvalue weighted by Crippen LogP contribution is -2.31. The topological polar surface area (TPSA) is 90.1 Å². The van der Waals surface area contributed by atoms with Gasteiger partial charge < -0.3 is 14.6 Å². The van der Waals surface area contributed by atoms with Crippen LogP contribution < -0.4 is 10.1 Å². The van der Waals surface area contributed by atoms with Crippen molar-refractivity contribution in [1.29, 1.82) is 0 Å². The van der Waals surface area contributed by atoms with Gasteiger partial charge in [-0.3, -0.25) is 14.4 Å². The van der Waals surface area contributed by atoms with Crippen LogP contribution in [0.25, 0.3) is 0 Å². The van der Waals surface area contributed by atoms with Gasteiger partial charge in [0.05, 0.1) is 13.3 Å². The van der Waals surface area contributed by atoms with Crippen LogP contribution in [0.15, 0.2) is 36.7 Å². The highest BCUT2D eigenvalue weighted by Gasteiger charge is 2.39. The summed E-state index contributed by atoms with van der Waals surface area (Å²) in [6.45, 7) is 8.01. The summed E-state index contributed by atoms with van der Waals surface area (Å²) in [7, 11) is 1.62. The minimum Gasteiger partial charge on any atom is -0.497 e. The number of amides is 1. The van der Waals surface area contributed by atoms with E-state index in [1.807, 2.05) is 39.7 Å². The van der Waals surface area contributed by atoms with Gasteiger partial charge in [0.25, 0.3) is 5.91 Å². The zero-order chi connectivity index (χ0) is 22.2. The highest BCUT2D eigenvalue weighted by molar-refractivity contribution is 6.01.